The Labute approximate surface area is 154 Å². The van der Waals surface area contributed by atoms with E-state index < -0.39 is 5.97 Å². The van der Waals surface area contributed by atoms with Crippen molar-refractivity contribution in [1.82, 2.24) is 14.8 Å². The molecule has 128 valence electrons. The summed E-state index contributed by atoms with van der Waals surface area (Å²) in [7, 11) is 0. The van der Waals surface area contributed by atoms with Gasteiger partial charge in [-0.1, -0.05) is 29.8 Å². The zero-order valence-corrected chi connectivity index (χ0v) is 14.4. The number of halogens is 1. The number of hydrogen-bond donors (Lipinski definition) is 0. The van der Waals surface area contributed by atoms with Crippen LogP contribution in [0.5, 0.6) is 0 Å². The van der Waals surface area contributed by atoms with Crippen molar-refractivity contribution in [2.75, 3.05) is 0 Å². The molecule has 2 heterocycles. The van der Waals surface area contributed by atoms with Crippen molar-refractivity contribution in [2.45, 2.75) is 6.61 Å². The molecular weight excluding hydrogens is 350 g/mol. The van der Waals surface area contributed by atoms with Crippen LogP contribution >= 0.6 is 11.6 Å². The first-order valence-corrected chi connectivity index (χ1v) is 8.40. The second-order valence-corrected chi connectivity index (χ2v) is 6.09. The predicted molar refractivity (Wildman–Crippen MR) is 99.4 cm³/mol. The average molecular weight is 364 g/mol. The summed E-state index contributed by atoms with van der Waals surface area (Å²) in [5.74, 6) is -0.406. The van der Waals surface area contributed by atoms with E-state index in [2.05, 4.69) is 10.1 Å². The minimum absolute atomic E-state index is 0.107. The molecule has 4 rings (SSSR count). The molecular formula is C20H14ClN3O2. The molecule has 0 saturated carbocycles. The number of aromatic nitrogens is 3. The van der Waals surface area contributed by atoms with Crippen LogP contribution in [0.15, 0.2) is 72.9 Å². The Kier molecular flexibility index (Phi) is 4.37. The number of benzene rings is 2. The van der Waals surface area contributed by atoms with Crippen LogP contribution in [0.2, 0.25) is 5.15 Å². The molecule has 4 aromatic rings. The van der Waals surface area contributed by atoms with E-state index in [0.717, 1.165) is 16.6 Å². The largest absolute Gasteiger partial charge is 0.456 e. The first kappa shape index (κ1) is 16.3. The van der Waals surface area contributed by atoms with Crippen LogP contribution in [-0.4, -0.2) is 20.7 Å². The molecule has 0 aliphatic carbocycles. The Morgan fingerprint density at radius 1 is 1.04 bits per heavy atom. The van der Waals surface area contributed by atoms with E-state index in [-0.39, 0.29) is 6.61 Å². The number of nitrogens with zero attached hydrogens (tertiary/aromatic N) is 3. The van der Waals surface area contributed by atoms with Crippen molar-refractivity contribution < 1.29 is 9.53 Å². The van der Waals surface area contributed by atoms with Crippen molar-refractivity contribution in [3.63, 3.8) is 0 Å². The van der Waals surface area contributed by atoms with Gasteiger partial charge in [-0.25, -0.2) is 14.5 Å². The molecule has 0 aliphatic rings. The van der Waals surface area contributed by atoms with Crippen LogP contribution in [0, 0.1) is 0 Å². The lowest BCUT2D eigenvalue weighted by Gasteiger charge is -2.05. The molecule has 0 bridgehead atoms. The molecule has 0 radical (unpaired) electrons. The summed E-state index contributed by atoms with van der Waals surface area (Å²) in [6, 6.07) is 20.3. The highest BCUT2D eigenvalue weighted by Crippen LogP contribution is 2.18. The van der Waals surface area contributed by atoms with Crippen molar-refractivity contribution in [3.05, 3.63) is 89.3 Å². The van der Waals surface area contributed by atoms with Gasteiger partial charge in [0, 0.05) is 11.6 Å². The van der Waals surface area contributed by atoms with Gasteiger partial charge in [-0.05, 0) is 48.5 Å². The molecule has 0 saturated heterocycles. The third-order valence-electron chi connectivity index (χ3n) is 3.91. The fraction of sp³-hybridized carbons (Fsp3) is 0.0500. The summed E-state index contributed by atoms with van der Waals surface area (Å²) in [5.41, 5.74) is 2.82. The number of pyridine rings is 1. The van der Waals surface area contributed by atoms with E-state index in [0.29, 0.717) is 16.4 Å². The fourth-order valence-corrected chi connectivity index (χ4v) is 2.77. The van der Waals surface area contributed by atoms with Gasteiger partial charge in [-0.2, -0.15) is 5.10 Å². The molecule has 0 spiro atoms. The van der Waals surface area contributed by atoms with Gasteiger partial charge in [0.2, 0.25) is 0 Å². The van der Waals surface area contributed by atoms with Gasteiger partial charge < -0.3 is 4.74 Å². The lowest BCUT2D eigenvalue weighted by Crippen LogP contribution is -2.06. The minimum atomic E-state index is -0.406. The number of carbonyl (C=O) groups is 1. The molecule has 2 aromatic heterocycles. The molecule has 0 N–H and O–H groups in total. The normalized spacial score (nSPS) is 10.8. The first-order valence-electron chi connectivity index (χ1n) is 8.02. The van der Waals surface area contributed by atoms with E-state index in [9.17, 15) is 4.79 Å². The lowest BCUT2D eigenvalue weighted by molar-refractivity contribution is 0.0467. The minimum Gasteiger partial charge on any atom is -0.456 e. The summed E-state index contributed by atoms with van der Waals surface area (Å²) in [6.45, 7) is 0.107. The monoisotopic (exact) mass is 363 g/mol. The van der Waals surface area contributed by atoms with Crippen LogP contribution in [0.4, 0.5) is 0 Å². The van der Waals surface area contributed by atoms with Crippen molar-refractivity contribution in [1.29, 1.82) is 0 Å². The van der Waals surface area contributed by atoms with Gasteiger partial charge >= 0.3 is 5.97 Å². The molecule has 0 amide bonds. The highest BCUT2D eigenvalue weighted by molar-refractivity contribution is 6.29. The Bertz CT molecular complexity index is 1080. The van der Waals surface area contributed by atoms with E-state index in [1.165, 1.54) is 0 Å². The smallest absolute Gasteiger partial charge is 0.338 e. The molecule has 0 aliphatic heterocycles. The van der Waals surface area contributed by atoms with Gasteiger partial charge in [0.05, 0.1) is 16.8 Å². The van der Waals surface area contributed by atoms with Gasteiger partial charge in [-0.15, -0.1) is 0 Å². The third-order valence-corrected chi connectivity index (χ3v) is 4.12. The second-order valence-electron chi connectivity index (χ2n) is 5.70. The van der Waals surface area contributed by atoms with Crippen molar-refractivity contribution in [2.24, 2.45) is 0 Å². The maximum atomic E-state index is 12.3. The fourth-order valence-electron chi connectivity index (χ4n) is 2.61. The number of hydrogen-bond acceptors (Lipinski definition) is 4. The molecule has 0 atom stereocenters. The van der Waals surface area contributed by atoms with E-state index in [1.54, 1.807) is 28.9 Å². The average Bonchev–Trinajstić information content (AvgIpc) is 3.15. The second kappa shape index (κ2) is 6.98. The molecule has 6 heteroatoms. The summed E-state index contributed by atoms with van der Waals surface area (Å²) in [4.78, 5) is 16.5. The Morgan fingerprint density at radius 3 is 2.73 bits per heavy atom. The van der Waals surface area contributed by atoms with Gasteiger partial charge in [0.15, 0.2) is 0 Å². The Morgan fingerprint density at radius 2 is 1.88 bits per heavy atom. The number of esters is 1. The van der Waals surface area contributed by atoms with Gasteiger partial charge in [0.25, 0.3) is 0 Å². The van der Waals surface area contributed by atoms with Crippen LogP contribution in [0.1, 0.15) is 16.1 Å². The zero-order chi connectivity index (χ0) is 17.9. The highest BCUT2D eigenvalue weighted by atomic mass is 35.5. The van der Waals surface area contributed by atoms with Gasteiger partial charge in [0.1, 0.15) is 17.5 Å². The number of carbonyl (C=O) groups excluding carboxylic acids is 1. The van der Waals surface area contributed by atoms with Crippen molar-refractivity contribution in [3.8, 4) is 5.69 Å². The summed E-state index contributed by atoms with van der Waals surface area (Å²) in [6.07, 6.45) is 1.84. The third kappa shape index (κ3) is 3.43. The van der Waals surface area contributed by atoms with E-state index in [1.807, 2.05) is 48.7 Å². The maximum Gasteiger partial charge on any atom is 0.338 e. The Balaban J connectivity index is 1.46. The number of para-hydroxylation sites is 1. The summed E-state index contributed by atoms with van der Waals surface area (Å²) in [5, 5.41) is 5.67. The SMILES string of the molecule is O=C(OCc1ccn(-c2ccccc2)n1)c1ccc2nc(Cl)ccc2c1. The number of rotatable bonds is 4. The van der Waals surface area contributed by atoms with Gasteiger partial charge in [-0.3, -0.25) is 0 Å². The maximum absolute atomic E-state index is 12.3. The van der Waals surface area contributed by atoms with Crippen LogP contribution < -0.4 is 0 Å². The zero-order valence-electron chi connectivity index (χ0n) is 13.7. The first-order chi connectivity index (χ1) is 12.7. The molecule has 5 nitrogen and oxygen atoms in total. The molecule has 2 aromatic carbocycles. The highest BCUT2D eigenvalue weighted by Gasteiger charge is 2.10. The predicted octanol–water partition coefficient (Wildman–Crippen LogP) is 4.43. The van der Waals surface area contributed by atoms with E-state index >= 15 is 0 Å². The summed E-state index contributed by atoms with van der Waals surface area (Å²) >= 11 is 5.87. The standard InChI is InChI=1S/C20H14ClN3O2/c21-19-9-7-14-12-15(6-8-18(14)22-19)20(25)26-13-16-10-11-24(23-16)17-4-2-1-3-5-17/h1-12H,13H2. The van der Waals surface area contributed by atoms with Crippen LogP contribution in [-0.2, 0) is 11.3 Å². The number of fused-ring (bicyclic) bond motifs is 1. The molecule has 0 fully saturated rings. The number of ether oxygens (including phenoxy) is 1. The topological polar surface area (TPSA) is 57.0 Å². The van der Waals surface area contributed by atoms with E-state index in [4.69, 9.17) is 16.3 Å². The van der Waals surface area contributed by atoms with Crippen LogP contribution in [0.25, 0.3) is 16.6 Å². The molecule has 26 heavy (non-hydrogen) atoms. The van der Waals surface area contributed by atoms with Crippen molar-refractivity contribution >= 4 is 28.5 Å². The summed E-state index contributed by atoms with van der Waals surface area (Å²) < 4.78 is 7.12. The Hall–Kier alpha value is -3.18. The van der Waals surface area contributed by atoms with Crippen LogP contribution in [0.3, 0.4) is 0 Å². The molecule has 0 unspecified atom stereocenters. The lowest BCUT2D eigenvalue weighted by atomic mass is 10.1. The quantitative estimate of drug-likeness (QED) is 0.397.